The molecule has 230 valence electrons. The fourth-order valence-electron chi connectivity index (χ4n) is 6.15. The van der Waals surface area contributed by atoms with Crippen molar-refractivity contribution in [3.8, 4) is 5.75 Å². The molecule has 0 spiro atoms. The highest BCUT2D eigenvalue weighted by atomic mass is 32.1. The Bertz CT molecular complexity index is 1840. The average molecular weight is 627 g/mol. The Labute approximate surface area is 262 Å². The molecule has 1 aromatic heterocycles. The predicted octanol–water partition coefficient (Wildman–Crippen LogP) is 5.97. The summed E-state index contributed by atoms with van der Waals surface area (Å²) in [7, 11) is 0. The number of nitrogens with zero attached hydrogens (tertiary/aromatic N) is 3. The summed E-state index contributed by atoms with van der Waals surface area (Å²) in [5.74, 6) is -2.00. The van der Waals surface area contributed by atoms with Gasteiger partial charge in [-0.15, -0.1) is 11.3 Å². The van der Waals surface area contributed by atoms with E-state index in [4.69, 9.17) is 9.47 Å². The van der Waals surface area contributed by atoms with Crippen molar-refractivity contribution in [3.63, 3.8) is 0 Å². The smallest absolute Gasteiger partial charge is 0.363 e. The third-order valence-corrected chi connectivity index (χ3v) is 9.16. The Morgan fingerprint density at radius 1 is 1.07 bits per heavy atom. The first-order valence-electron chi connectivity index (χ1n) is 14.5. The van der Waals surface area contributed by atoms with E-state index < -0.39 is 16.9 Å². The van der Waals surface area contributed by atoms with Crippen LogP contribution < -0.4 is 10.1 Å². The lowest BCUT2D eigenvalue weighted by molar-refractivity contribution is -0.384. The molecule has 12 heteroatoms. The van der Waals surface area contributed by atoms with E-state index in [9.17, 15) is 24.5 Å². The monoisotopic (exact) mass is 626 g/mol. The highest BCUT2D eigenvalue weighted by Gasteiger charge is 2.59. The molecule has 2 aliphatic heterocycles. The SMILES string of the molecule is CC(C)[C@H]1C(=O)N2C(C(=O)OC(=O)c3ccc([N+](=O)[O-])cc3)=C(COc3cccc4c(NCc5nccs5)cccc34)[C@H](C)[C@H]12. The van der Waals surface area contributed by atoms with E-state index in [0.717, 1.165) is 33.6 Å². The van der Waals surface area contributed by atoms with Gasteiger partial charge in [0.2, 0.25) is 5.91 Å². The van der Waals surface area contributed by atoms with Crippen molar-refractivity contribution in [2.24, 2.45) is 17.8 Å². The lowest BCUT2D eigenvalue weighted by atomic mass is 9.74. The number of amides is 1. The van der Waals surface area contributed by atoms with Crippen LogP contribution in [-0.2, 0) is 20.9 Å². The summed E-state index contributed by atoms with van der Waals surface area (Å²) < 4.78 is 11.6. The molecule has 1 saturated heterocycles. The molecule has 0 saturated carbocycles. The summed E-state index contributed by atoms with van der Waals surface area (Å²) in [6.07, 6.45) is 1.77. The van der Waals surface area contributed by atoms with Crippen LogP contribution in [0, 0.1) is 27.9 Å². The number of carbonyl (C=O) groups excluding carboxylic acids is 3. The standard InChI is InChI=1S/C33H30N4O7S/c1-18(2)28-29-19(3)24(30(36(29)31(28)38)33(40)44-32(39)20-10-12-21(13-11-20)37(41)42)17-43-26-9-5-6-22-23(26)7-4-8-25(22)35-16-27-34-14-15-45-27/h4-15,18-19,28-29,35H,16-17H2,1-3H3/t19-,28+,29+/m0/s1. The number of β-lactam (4-membered cyclic amide) rings is 1. The summed E-state index contributed by atoms with van der Waals surface area (Å²) in [5, 5.41) is 19.1. The first kappa shape index (κ1) is 29.9. The molecule has 1 amide bonds. The van der Waals surface area contributed by atoms with Gasteiger partial charge in [0.1, 0.15) is 23.1 Å². The van der Waals surface area contributed by atoms with Gasteiger partial charge in [-0.1, -0.05) is 45.0 Å². The zero-order valence-corrected chi connectivity index (χ0v) is 25.6. The van der Waals surface area contributed by atoms with Crippen molar-refractivity contribution >= 4 is 51.3 Å². The van der Waals surface area contributed by atoms with Gasteiger partial charge in [0.25, 0.3) is 5.69 Å². The minimum Gasteiger partial charge on any atom is -0.488 e. The van der Waals surface area contributed by atoms with Crippen LogP contribution in [0.1, 0.15) is 36.1 Å². The maximum Gasteiger partial charge on any atom is 0.363 e. The molecule has 4 aromatic rings. The number of hydrogen-bond donors (Lipinski definition) is 1. The summed E-state index contributed by atoms with van der Waals surface area (Å²) in [5.41, 5.74) is 1.27. The van der Waals surface area contributed by atoms with Crippen LogP contribution in [-0.4, -0.2) is 45.3 Å². The number of benzene rings is 3. The lowest BCUT2D eigenvalue weighted by Crippen LogP contribution is -2.62. The molecule has 3 aromatic carbocycles. The molecule has 11 nitrogen and oxygen atoms in total. The number of carbonyl (C=O) groups is 3. The third-order valence-electron chi connectivity index (χ3n) is 8.39. The second-order valence-electron chi connectivity index (χ2n) is 11.3. The van der Waals surface area contributed by atoms with Crippen LogP contribution in [0.4, 0.5) is 11.4 Å². The van der Waals surface area contributed by atoms with Crippen molar-refractivity contribution in [2.75, 3.05) is 11.9 Å². The number of ether oxygens (including phenoxy) is 2. The summed E-state index contributed by atoms with van der Waals surface area (Å²) in [6.45, 7) is 6.46. The van der Waals surface area contributed by atoms with Crippen molar-refractivity contribution in [2.45, 2.75) is 33.4 Å². The predicted molar refractivity (Wildman–Crippen MR) is 168 cm³/mol. The molecule has 3 heterocycles. The maximum atomic E-state index is 13.5. The lowest BCUT2D eigenvalue weighted by Gasteiger charge is -2.47. The van der Waals surface area contributed by atoms with E-state index in [1.165, 1.54) is 17.0 Å². The molecule has 0 radical (unpaired) electrons. The number of rotatable bonds is 10. The number of nitro benzene ring substituents is 1. The van der Waals surface area contributed by atoms with Crippen LogP contribution in [0.2, 0.25) is 0 Å². The number of thiazole rings is 1. The summed E-state index contributed by atoms with van der Waals surface area (Å²) in [4.78, 5) is 55.8. The molecular formula is C33H30N4O7S. The topological polar surface area (TPSA) is 141 Å². The van der Waals surface area contributed by atoms with Gasteiger partial charge in [-0.05, 0) is 30.2 Å². The number of fused-ring (bicyclic) bond motifs is 2. The van der Waals surface area contributed by atoms with E-state index in [1.807, 2.05) is 62.5 Å². The van der Waals surface area contributed by atoms with E-state index >= 15 is 0 Å². The normalized spacial score (nSPS) is 19.0. The molecule has 2 aliphatic rings. The first-order valence-corrected chi connectivity index (χ1v) is 15.4. The molecule has 0 bridgehead atoms. The Balaban J connectivity index is 1.27. The van der Waals surface area contributed by atoms with Gasteiger partial charge in [0.05, 0.1) is 29.0 Å². The number of anilines is 1. The quantitative estimate of drug-likeness (QED) is 0.0741. The minimum absolute atomic E-state index is 0.00168. The Hall–Kier alpha value is -5.10. The maximum absolute atomic E-state index is 13.5. The van der Waals surface area contributed by atoms with Gasteiger partial charge < -0.3 is 19.7 Å². The Morgan fingerprint density at radius 3 is 2.49 bits per heavy atom. The van der Waals surface area contributed by atoms with Crippen LogP contribution in [0.3, 0.4) is 0 Å². The van der Waals surface area contributed by atoms with E-state index in [-0.39, 0.29) is 53.3 Å². The van der Waals surface area contributed by atoms with Gasteiger partial charge in [-0.3, -0.25) is 14.9 Å². The number of hydrogen-bond acceptors (Lipinski definition) is 10. The van der Waals surface area contributed by atoms with Gasteiger partial charge in [-0.25, -0.2) is 14.6 Å². The van der Waals surface area contributed by atoms with E-state index in [0.29, 0.717) is 17.9 Å². The zero-order valence-electron chi connectivity index (χ0n) is 24.8. The fourth-order valence-corrected chi connectivity index (χ4v) is 6.71. The van der Waals surface area contributed by atoms with E-state index in [2.05, 4.69) is 10.3 Å². The second-order valence-corrected chi connectivity index (χ2v) is 12.3. The molecule has 3 atom stereocenters. The highest BCUT2D eigenvalue weighted by molar-refractivity contribution is 7.09. The van der Waals surface area contributed by atoms with Gasteiger partial charge in [0.15, 0.2) is 0 Å². The number of aromatic nitrogens is 1. The fraction of sp³-hybridized carbons (Fsp3) is 0.273. The van der Waals surface area contributed by atoms with Crippen LogP contribution in [0.5, 0.6) is 5.75 Å². The molecule has 1 N–H and O–H groups in total. The first-order chi connectivity index (χ1) is 21.7. The van der Waals surface area contributed by atoms with Crippen molar-refractivity contribution in [1.82, 2.24) is 9.88 Å². The molecule has 0 unspecified atom stereocenters. The molecule has 1 fully saturated rings. The molecule has 6 rings (SSSR count). The van der Waals surface area contributed by atoms with Crippen LogP contribution in [0.25, 0.3) is 10.8 Å². The number of non-ortho nitro benzene ring substituents is 1. The Kier molecular flexibility index (Phi) is 8.07. The number of nitro groups is 1. The molecule has 0 aliphatic carbocycles. The molecule has 45 heavy (non-hydrogen) atoms. The zero-order chi connectivity index (χ0) is 31.8. The minimum atomic E-state index is -0.973. The third kappa shape index (κ3) is 5.53. The largest absolute Gasteiger partial charge is 0.488 e. The summed E-state index contributed by atoms with van der Waals surface area (Å²) in [6, 6.07) is 16.1. The van der Waals surface area contributed by atoms with E-state index in [1.54, 1.807) is 17.5 Å². The van der Waals surface area contributed by atoms with Crippen molar-refractivity contribution in [3.05, 3.63) is 104 Å². The van der Waals surface area contributed by atoms with Crippen LogP contribution in [0.15, 0.2) is 83.5 Å². The average Bonchev–Trinajstić information content (AvgIpc) is 3.63. The second kappa shape index (κ2) is 12.1. The van der Waals surface area contributed by atoms with Gasteiger partial charge in [-0.2, -0.15) is 0 Å². The van der Waals surface area contributed by atoms with Crippen LogP contribution >= 0.6 is 11.3 Å². The van der Waals surface area contributed by atoms with Crippen molar-refractivity contribution in [1.29, 1.82) is 0 Å². The van der Waals surface area contributed by atoms with Gasteiger partial charge in [0, 0.05) is 51.7 Å². The highest BCUT2D eigenvalue weighted by Crippen LogP contribution is 2.49. The van der Waals surface area contributed by atoms with Gasteiger partial charge >= 0.3 is 11.9 Å². The number of nitrogens with one attached hydrogen (secondary N) is 1. The van der Waals surface area contributed by atoms with Crippen molar-refractivity contribution < 1.29 is 28.8 Å². The Morgan fingerprint density at radius 2 is 1.80 bits per heavy atom. The molecular weight excluding hydrogens is 596 g/mol. The number of esters is 2. The summed E-state index contributed by atoms with van der Waals surface area (Å²) >= 11 is 1.57.